The SMILES string of the molecule is COc1c(C)cc(S(=O)(=O)NC(C)CCc2ccccc2)cc1C. The molecule has 5 heteroatoms. The van der Waals surface area contributed by atoms with Gasteiger partial charge in [0.15, 0.2) is 0 Å². The Morgan fingerprint density at radius 1 is 1.08 bits per heavy atom. The first kappa shape index (κ1) is 18.5. The third-order valence-electron chi connectivity index (χ3n) is 4.01. The zero-order valence-electron chi connectivity index (χ0n) is 14.7. The summed E-state index contributed by atoms with van der Waals surface area (Å²) >= 11 is 0. The van der Waals surface area contributed by atoms with Gasteiger partial charge in [0, 0.05) is 6.04 Å². The molecule has 0 saturated carbocycles. The van der Waals surface area contributed by atoms with Crippen LogP contribution in [0.3, 0.4) is 0 Å². The predicted molar refractivity (Wildman–Crippen MR) is 97.0 cm³/mol. The summed E-state index contributed by atoms with van der Waals surface area (Å²) in [7, 11) is -1.95. The van der Waals surface area contributed by atoms with Crippen molar-refractivity contribution >= 4 is 10.0 Å². The summed E-state index contributed by atoms with van der Waals surface area (Å²) in [6.45, 7) is 5.59. The Bertz CT molecular complexity index is 763. The highest BCUT2D eigenvalue weighted by Gasteiger charge is 2.19. The molecule has 0 bridgehead atoms. The minimum absolute atomic E-state index is 0.141. The van der Waals surface area contributed by atoms with Gasteiger partial charge < -0.3 is 4.74 Å². The molecule has 1 N–H and O–H groups in total. The maximum Gasteiger partial charge on any atom is 0.240 e. The summed E-state index contributed by atoms with van der Waals surface area (Å²) in [6, 6.07) is 13.2. The van der Waals surface area contributed by atoms with E-state index in [2.05, 4.69) is 16.9 Å². The lowest BCUT2D eigenvalue weighted by molar-refractivity contribution is 0.408. The van der Waals surface area contributed by atoms with Gasteiger partial charge in [-0.25, -0.2) is 13.1 Å². The number of aryl methyl sites for hydroxylation is 3. The highest BCUT2D eigenvalue weighted by atomic mass is 32.2. The van der Waals surface area contributed by atoms with E-state index in [-0.39, 0.29) is 10.9 Å². The summed E-state index contributed by atoms with van der Waals surface area (Å²) in [6.07, 6.45) is 1.59. The number of ether oxygens (including phenoxy) is 1. The van der Waals surface area contributed by atoms with E-state index in [0.29, 0.717) is 0 Å². The Hall–Kier alpha value is -1.85. The molecule has 0 amide bonds. The molecule has 24 heavy (non-hydrogen) atoms. The molecule has 4 nitrogen and oxygen atoms in total. The van der Waals surface area contributed by atoms with Crippen LogP contribution in [-0.4, -0.2) is 21.6 Å². The quantitative estimate of drug-likeness (QED) is 0.832. The third-order valence-corrected chi connectivity index (χ3v) is 5.58. The smallest absolute Gasteiger partial charge is 0.240 e. The van der Waals surface area contributed by atoms with Crippen LogP contribution in [0, 0.1) is 13.8 Å². The molecule has 0 heterocycles. The van der Waals surface area contributed by atoms with Crippen LogP contribution < -0.4 is 9.46 Å². The molecule has 1 unspecified atom stereocenters. The molecule has 1 atom stereocenters. The van der Waals surface area contributed by atoms with Crippen LogP contribution in [0.2, 0.25) is 0 Å². The van der Waals surface area contributed by atoms with Gasteiger partial charge in [0.05, 0.1) is 12.0 Å². The highest BCUT2D eigenvalue weighted by molar-refractivity contribution is 7.89. The van der Waals surface area contributed by atoms with Crippen molar-refractivity contribution in [3.8, 4) is 5.75 Å². The Labute approximate surface area is 144 Å². The van der Waals surface area contributed by atoms with Crippen LogP contribution in [0.1, 0.15) is 30.0 Å². The Morgan fingerprint density at radius 3 is 2.21 bits per heavy atom. The van der Waals surface area contributed by atoms with Crippen LogP contribution in [-0.2, 0) is 16.4 Å². The van der Waals surface area contributed by atoms with E-state index in [4.69, 9.17) is 4.74 Å². The van der Waals surface area contributed by atoms with Crippen molar-refractivity contribution in [1.29, 1.82) is 0 Å². The first-order valence-corrected chi connectivity index (χ1v) is 9.53. The maximum atomic E-state index is 12.6. The zero-order valence-corrected chi connectivity index (χ0v) is 15.5. The summed E-state index contributed by atoms with van der Waals surface area (Å²) in [5, 5.41) is 0. The van der Waals surface area contributed by atoms with Crippen LogP contribution >= 0.6 is 0 Å². The lowest BCUT2D eigenvalue weighted by atomic mass is 10.1. The molecule has 0 fully saturated rings. The van der Waals surface area contributed by atoms with Crippen molar-refractivity contribution in [3.63, 3.8) is 0 Å². The van der Waals surface area contributed by atoms with Gasteiger partial charge in [0.2, 0.25) is 10.0 Å². The van der Waals surface area contributed by atoms with Gasteiger partial charge >= 0.3 is 0 Å². The number of benzene rings is 2. The van der Waals surface area contributed by atoms with E-state index in [1.807, 2.05) is 39.0 Å². The van der Waals surface area contributed by atoms with Gasteiger partial charge in [0.1, 0.15) is 5.75 Å². The fourth-order valence-electron chi connectivity index (χ4n) is 2.81. The van der Waals surface area contributed by atoms with Crippen LogP contribution in [0.4, 0.5) is 0 Å². The lowest BCUT2D eigenvalue weighted by Crippen LogP contribution is -2.33. The Kier molecular flexibility index (Phi) is 6.02. The first-order chi connectivity index (χ1) is 11.3. The minimum atomic E-state index is -3.54. The first-order valence-electron chi connectivity index (χ1n) is 8.05. The highest BCUT2D eigenvalue weighted by Crippen LogP contribution is 2.26. The van der Waals surface area contributed by atoms with Gasteiger partial charge in [-0.05, 0) is 62.4 Å². The maximum absolute atomic E-state index is 12.6. The van der Waals surface area contributed by atoms with Gasteiger partial charge in [-0.15, -0.1) is 0 Å². The van der Waals surface area contributed by atoms with Crippen molar-refractivity contribution in [2.24, 2.45) is 0 Å². The lowest BCUT2D eigenvalue weighted by Gasteiger charge is -2.16. The molecule has 0 aliphatic carbocycles. The second-order valence-corrected chi connectivity index (χ2v) is 7.85. The van der Waals surface area contributed by atoms with E-state index in [1.165, 1.54) is 5.56 Å². The standard InChI is InChI=1S/C19H25NO3S/c1-14-12-18(13-15(2)19(14)23-4)24(21,22)20-16(3)10-11-17-8-6-5-7-9-17/h5-9,12-13,16,20H,10-11H2,1-4H3. The van der Waals surface area contributed by atoms with Crippen molar-refractivity contribution in [2.45, 2.75) is 44.6 Å². The average Bonchev–Trinajstić information content (AvgIpc) is 2.53. The van der Waals surface area contributed by atoms with E-state index in [9.17, 15) is 8.42 Å². The number of sulfonamides is 1. The monoisotopic (exact) mass is 347 g/mol. The summed E-state index contributed by atoms with van der Waals surface area (Å²) in [5.74, 6) is 0.728. The Morgan fingerprint density at radius 2 is 1.67 bits per heavy atom. The average molecular weight is 347 g/mol. The molecule has 0 aromatic heterocycles. The number of methoxy groups -OCH3 is 1. The van der Waals surface area contributed by atoms with Crippen LogP contribution in [0.15, 0.2) is 47.4 Å². The second-order valence-electron chi connectivity index (χ2n) is 6.14. The molecule has 130 valence electrons. The number of rotatable bonds is 7. The predicted octanol–water partition coefficient (Wildman–Crippen LogP) is 3.61. The topological polar surface area (TPSA) is 55.4 Å². The van der Waals surface area contributed by atoms with Gasteiger partial charge in [0.25, 0.3) is 0 Å². The van der Waals surface area contributed by atoms with Crippen molar-refractivity contribution in [3.05, 3.63) is 59.2 Å². The van der Waals surface area contributed by atoms with Crippen LogP contribution in [0.25, 0.3) is 0 Å². The second kappa shape index (κ2) is 7.81. The molecule has 0 aliphatic heterocycles. The molecule has 0 aliphatic rings. The van der Waals surface area contributed by atoms with E-state index in [0.717, 1.165) is 29.7 Å². The molecular formula is C19H25NO3S. The third kappa shape index (κ3) is 4.58. The number of hydrogen-bond donors (Lipinski definition) is 1. The van der Waals surface area contributed by atoms with Gasteiger partial charge in [-0.2, -0.15) is 0 Å². The molecular weight excluding hydrogens is 322 g/mol. The fraction of sp³-hybridized carbons (Fsp3) is 0.368. The van der Waals surface area contributed by atoms with Crippen molar-refractivity contribution in [1.82, 2.24) is 4.72 Å². The van der Waals surface area contributed by atoms with E-state index < -0.39 is 10.0 Å². The minimum Gasteiger partial charge on any atom is -0.496 e. The summed E-state index contributed by atoms with van der Waals surface area (Å²) in [4.78, 5) is 0.282. The van der Waals surface area contributed by atoms with Crippen LogP contribution in [0.5, 0.6) is 5.75 Å². The normalized spacial score (nSPS) is 12.8. The molecule has 2 rings (SSSR count). The van der Waals surface area contributed by atoms with E-state index in [1.54, 1.807) is 19.2 Å². The number of hydrogen-bond acceptors (Lipinski definition) is 3. The molecule has 0 radical (unpaired) electrons. The summed E-state index contributed by atoms with van der Waals surface area (Å²) < 4.78 is 33.3. The molecule has 0 spiro atoms. The fourth-order valence-corrected chi connectivity index (χ4v) is 4.25. The molecule has 2 aromatic carbocycles. The molecule has 0 saturated heterocycles. The van der Waals surface area contributed by atoms with Gasteiger partial charge in [-0.1, -0.05) is 30.3 Å². The zero-order chi connectivity index (χ0) is 17.7. The summed E-state index contributed by atoms with van der Waals surface area (Å²) in [5.41, 5.74) is 2.84. The Balaban J connectivity index is 2.07. The van der Waals surface area contributed by atoms with E-state index >= 15 is 0 Å². The molecule has 2 aromatic rings. The van der Waals surface area contributed by atoms with Gasteiger partial charge in [-0.3, -0.25) is 0 Å². The van der Waals surface area contributed by atoms with Crippen molar-refractivity contribution in [2.75, 3.05) is 7.11 Å². The van der Waals surface area contributed by atoms with Crippen molar-refractivity contribution < 1.29 is 13.2 Å². The number of nitrogens with one attached hydrogen (secondary N) is 1. The largest absolute Gasteiger partial charge is 0.496 e.